The number of aromatic nitrogens is 5. The highest BCUT2D eigenvalue weighted by Crippen LogP contribution is 2.42. The highest BCUT2D eigenvalue weighted by atomic mass is 16.3. The van der Waals surface area contributed by atoms with Crippen LogP contribution in [0.4, 0.5) is 0 Å². The number of pyridine rings is 2. The van der Waals surface area contributed by atoms with Crippen LogP contribution in [-0.4, -0.2) is 19.1 Å². The predicted octanol–water partition coefficient (Wildman–Crippen LogP) is 15.5. The molecule has 340 valence electrons. The van der Waals surface area contributed by atoms with E-state index < -0.39 is 47.1 Å². The van der Waals surface area contributed by atoms with Crippen LogP contribution >= 0.6 is 0 Å². The Morgan fingerprint density at radius 2 is 1.27 bits per heavy atom. The Balaban J connectivity index is 1.08. The van der Waals surface area contributed by atoms with Crippen molar-refractivity contribution in [2.24, 2.45) is 0 Å². The molecule has 12 aromatic rings. The van der Waals surface area contributed by atoms with Crippen LogP contribution in [-0.2, 0) is 17.3 Å². The Hall–Kier alpha value is -8.35. The van der Waals surface area contributed by atoms with E-state index in [2.05, 4.69) is 41.2 Å². The minimum Gasteiger partial charge on any atom is -0.463 e. The molecule has 0 spiro atoms. The molecule has 5 heterocycles. The summed E-state index contributed by atoms with van der Waals surface area (Å²) in [4.78, 5) is 9.72. The Morgan fingerprint density at radius 1 is 0.600 bits per heavy atom. The van der Waals surface area contributed by atoms with Gasteiger partial charge >= 0.3 is 0 Å². The van der Waals surface area contributed by atoms with Crippen molar-refractivity contribution in [1.29, 1.82) is 0 Å². The molecule has 0 aliphatic carbocycles. The van der Waals surface area contributed by atoms with Gasteiger partial charge in [-0.1, -0.05) is 181 Å². The maximum absolute atomic E-state index is 9.47. The summed E-state index contributed by atoms with van der Waals surface area (Å²) in [6.45, 7) is 12.3. The third-order valence-electron chi connectivity index (χ3n) is 13.2. The van der Waals surface area contributed by atoms with E-state index in [4.69, 9.17) is 25.4 Å². The zero-order valence-corrected chi connectivity index (χ0v) is 39.6. The number of hydrogen-bond donors (Lipinski definition) is 0. The summed E-state index contributed by atoms with van der Waals surface area (Å²) in [5.74, 6) is 0.771. The van der Waals surface area contributed by atoms with E-state index >= 15 is 0 Å². The molecule has 0 radical (unpaired) electrons. The van der Waals surface area contributed by atoms with Gasteiger partial charge in [-0.3, -0.25) is 18.7 Å². The predicted molar refractivity (Wildman–Crippen MR) is 286 cm³/mol. The Labute approximate surface area is 422 Å². The first-order valence-corrected chi connectivity index (χ1v) is 23.3. The number of hydrogen-bond acceptors (Lipinski definition) is 3. The maximum Gasteiger partial charge on any atom is 0.269 e. The largest absolute Gasteiger partial charge is 0.463 e. The Kier molecular flexibility index (Phi) is 7.92. The second-order valence-corrected chi connectivity index (χ2v) is 19.9. The lowest BCUT2D eigenvalue weighted by Crippen LogP contribution is -2.32. The number of nitrogens with zero attached hydrogens (tertiary/aromatic N) is 5. The van der Waals surface area contributed by atoms with Gasteiger partial charge in [0.05, 0.1) is 59.6 Å². The first-order chi connectivity index (χ1) is 38.1. The van der Waals surface area contributed by atoms with Gasteiger partial charge in [0.1, 0.15) is 5.82 Å². The van der Waals surface area contributed by atoms with Crippen LogP contribution in [0.5, 0.6) is 0 Å². The Bertz CT molecular complexity index is 4500. The summed E-state index contributed by atoms with van der Waals surface area (Å²) in [5, 5.41) is 3.15. The second-order valence-electron chi connectivity index (χ2n) is 19.9. The smallest absolute Gasteiger partial charge is 0.269 e. The first kappa shape index (κ1) is 33.2. The summed E-state index contributed by atoms with van der Waals surface area (Å²) in [6.07, 6.45) is 9.36. The average molecular weight is 918 g/mol. The fourth-order valence-corrected chi connectivity index (χ4v) is 9.54. The third-order valence-corrected chi connectivity index (χ3v) is 13.2. The van der Waals surface area contributed by atoms with Gasteiger partial charge in [-0.2, -0.15) is 0 Å². The lowest BCUT2D eigenvalue weighted by Gasteiger charge is -2.27. The lowest BCUT2D eigenvalue weighted by molar-refractivity contribution is -0.571. The van der Waals surface area contributed by atoms with Crippen LogP contribution in [0.15, 0.2) is 205 Å². The minimum atomic E-state index is -0.547. The highest BCUT2D eigenvalue weighted by molar-refractivity contribution is 6.09. The van der Waals surface area contributed by atoms with E-state index in [9.17, 15) is 2.74 Å². The minimum absolute atomic E-state index is 0.00563. The van der Waals surface area contributed by atoms with Crippen LogP contribution in [0.25, 0.3) is 94.4 Å². The molecule has 0 atom stereocenters. The highest BCUT2D eigenvalue weighted by Gasteiger charge is 2.26. The summed E-state index contributed by atoms with van der Waals surface area (Å²) >= 11 is 0. The third kappa shape index (κ3) is 7.66. The fourth-order valence-electron chi connectivity index (χ4n) is 9.54. The molecule has 0 saturated carbocycles. The van der Waals surface area contributed by atoms with E-state index in [0.29, 0.717) is 45.5 Å². The molecule has 70 heavy (non-hydrogen) atoms. The van der Waals surface area contributed by atoms with Crippen molar-refractivity contribution < 1.29 is 22.7 Å². The van der Waals surface area contributed by atoms with Crippen LogP contribution in [0.1, 0.15) is 77.6 Å². The summed E-state index contributed by atoms with van der Waals surface area (Å²) in [6, 6.07) is 35.8. The van der Waals surface area contributed by atoms with Crippen molar-refractivity contribution >= 4 is 43.8 Å². The average Bonchev–Trinajstić information content (AvgIpc) is 3.60. The molecule has 12 rings (SSSR count). The molecule has 6 nitrogen and oxygen atoms in total. The van der Waals surface area contributed by atoms with E-state index in [1.165, 1.54) is 0 Å². The van der Waals surface area contributed by atoms with Gasteiger partial charge in [-0.25, -0.2) is 4.98 Å². The first-order valence-electron chi connectivity index (χ1n) is 28.3. The van der Waals surface area contributed by atoms with Gasteiger partial charge in [0.2, 0.25) is 0 Å². The van der Waals surface area contributed by atoms with Gasteiger partial charge in [0.25, 0.3) is 6.33 Å². The molecule has 6 heteroatoms. The molecule has 7 aromatic carbocycles. The number of furan rings is 1. The zero-order valence-electron chi connectivity index (χ0n) is 49.6. The molecule has 0 aliphatic rings. The van der Waals surface area contributed by atoms with Crippen LogP contribution in [0, 0.1) is 6.33 Å². The van der Waals surface area contributed by atoms with E-state index in [1.54, 1.807) is 18.7 Å². The monoisotopic (exact) mass is 917 g/mol. The van der Waals surface area contributed by atoms with Gasteiger partial charge in [-0.05, 0) is 103 Å². The number of benzene rings is 7. The number of rotatable bonds is 8. The standard InChI is InChI=1S/C64H53N5O/c1-63(2,3)48-34-46(43-17-9-7-10-18-43)33-47(35-48)55-38-49(64(4,5)6)37-54(44-19-11-8-12-20-44)62(55)68-41-67(57-23-15-16-24-58(57)68)51-27-29-65-50(39-51)31-42-25-26-53-52-21-13-14-22-56(52)69(59(53)32-42)61-36-45-28-30-70-60(45)40-66-61/h7-30,32-40H,31H2,1-6H3/i7D,8D,9D,10D,11D,12D,17D,18D,19D,20D. The normalized spacial score (nSPS) is 14.2. The molecule has 5 aromatic heterocycles. The van der Waals surface area contributed by atoms with Gasteiger partial charge in [0.15, 0.2) is 5.58 Å². The van der Waals surface area contributed by atoms with Gasteiger partial charge in [-0.15, -0.1) is 0 Å². The summed E-state index contributed by atoms with van der Waals surface area (Å²) in [7, 11) is 0. The molecule has 0 saturated heterocycles. The summed E-state index contributed by atoms with van der Waals surface area (Å²) < 4.78 is 101. The van der Waals surface area contributed by atoms with Crippen LogP contribution in [0.3, 0.4) is 0 Å². The van der Waals surface area contributed by atoms with Gasteiger partial charge < -0.3 is 4.42 Å². The van der Waals surface area contributed by atoms with E-state index in [0.717, 1.165) is 66.6 Å². The molecule has 0 bridgehead atoms. The zero-order chi connectivity index (χ0) is 56.4. The quantitative estimate of drug-likeness (QED) is 0.113. The van der Waals surface area contributed by atoms with Crippen molar-refractivity contribution in [2.75, 3.05) is 0 Å². The van der Waals surface area contributed by atoms with Crippen molar-refractivity contribution in [1.82, 2.24) is 19.1 Å². The SMILES string of the molecule is [2H]c1c([2H])c([2H])c(-c2cc(-c3cc(C(C)(C)C)cc(-c4c([2H])c([2H])c([2H])c([2H])c4[2H])c3-[n+]3[c-]n(-c4ccnc(Cc5ccc6c7ccccc7n(-c7cc8ccoc8cn7)c6c5)c4)c4ccccc43)cc(C(C)(C)C)c2)c([2H])c1[2H]. The molecule has 0 fully saturated rings. The molecule has 0 aliphatic heterocycles. The number of para-hydroxylation sites is 3. The Morgan fingerprint density at radius 3 is 2.04 bits per heavy atom. The van der Waals surface area contributed by atoms with Crippen molar-refractivity contribution in [3.05, 3.63) is 229 Å². The maximum atomic E-state index is 9.47. The fraction of sp³-hybridized carbons (Fsp3) is 0.141. The topological polar surface area (TPSA) is 52.7 Å². The van der Waals surface area contributed by atoms with Crippen molar-refractivity contribution in [2.45, 2.75) is 58.8 Å². The second kappa shape index (κ2) is 16.7. The molecular weight excluding hydrogens is 855 g/mol. The molecule has 0 unspecified atom stereocenters. The number of imidazole rings is 1. The van der Waals surface area contributed by atoms with Crippen molar-refractivity contribution in [3.8, 4) is 50.6 Å². The molecule has 0 amide bonds. The van der Waals surface area contributed by atoms with Crippen LogP contribution in [0.2, 0.25) is 0 Å². The number of fused-ring (bicyclic) bond motifs is 5. The van der Waals surface area contributed by atoms with Crippen molar-refractivity contribution in [3.63, 3.8) is 0 Å². The lowest BCUT2D eigenvalue weighted by atomic mass is 9.80. The van der Waals surface area contributed by atoms with E-state index in [-0.39, 0.29) is 35.3 Å². The van der Waals surface area contributed by atoms with Crippen LogP contribution < -0.4 is 4.57 Å². The molecular formula is C64H53N5O. The summed E-state index contributed by atoms with van der Waals surface area (Å²) in [5.41, 5.74) is 9.69. The molecule has 0 N–H and O–H groups in total. The van der Waals surface area contributed by atoms with Gasteiger partial charge in [0, 0.05) is 34.5 Å². The van der Waals surface area contributed by atoms with E-state index in [1.807, 2.05) is 142 Å².